The number of nitrogens with one attached hydrogen (secondary N) is 2. The van der Waals surface area contributed by atoms with Crippen LogP contribution >= 0.6 is 0 Å². The third kappa shape index (κ3) is 3.85. The van der Waals surface area contributed by atoms with E-state index in [1.807, 2.05) is 18.2 Å². The lowest BCUT2D eigenvalue weighted by molar-refractivity contribution is -0.121. The molecule has 0 bridgehead atoms. The van der Waals surface area contributed by atoms with Crippen LogP contribution in [0.4, 0.5) is 0 Å². The number of hydrazine groups is 1. The van der Waals surface area contributed by atoms with Gasteiger partial charge < -0.3 is 9.15 Å². The van der Waals surface area contributed by atoms with Gasteiger partial charge in [-0.15, -0.1) is 0 Å². The molecule has 26 heavy (non-hydrogen) atoms. The summed E-state index contributed by atoms with van der Waals surface area (Å²) in [6.07, 6.45) is 2.60. The van der Waals surface area contributed by atoms with Crippen molar-refractivity contribution in [2.24, 2.45) is 0 Å². The van der Waals surface area contributed by atoms with E-state index in [9.17, 15) is 9.59 Å². The minimum atomic E-state index is -0.397. The van der Waals surface area contributed by atoms with Crippen LogP contribution in [0.25, 0.3) is 11.0 Å². The van der Waals surface area contributed by atoms with Crippen LogP contribution in [0.1, 0.15) is 28.4 Å². The highest BCUT2D eigenvalue weighted by molar-refractivity contribution is 5.96. The molecule has 6 nitrogen and oxygen atoms in total. The molecule has 0 atom stereocenters. The zero-order valence-electron chi connectivity index (χ0n) is 14.7. The average molecular weight is 352 g/mol. The number of carbonyl (C=O) groups excluding carboxylic acids is 2. The summed E-state index contributed by atoms with van der Waals surface area (Å²) in [5.41, 5.74) is 7.96. The van der Waals surface area contributed by atoms with Gasteiger partial charge in [0, 0.05) is 16.5 Å². The minimum absolute atomic E-state index is 0.114. The maximum absolute atomic E-state index is 12.2. The fourth-order valence-electron chi connectivity index (χ4n) is 2.64. The molecule has 0 unspecified atom stereocenters. The summed E-state index contributed by atoms with van der Waals surface area (Å²) in [7, 11) is 1.55. The van der Waals surface area contributed by atoms with Crippen molar-refractivity contribution in [3.05, 3.63) is 65.4 Å². The van der Waals surface area contributed by atoms with E-state index in [0.29, 0.717) is 11.3 Å². The molecule has 0 fully saturated rings. The number of hydrogen-bond acceptors (Lipinski definition) is 4. The summed E-state index contributed by atoms with van der Waals surface area (Å²) in [5, 5.41) is 0.918. The molecular weight excluding hydrogens is 332 g/mol. The van der Waals surface area contributed by atoms with Crippen LogP contribution in [0.5, 0.6) is 5.75 Å². The highest BCUT2D eigenvalue weighted by atomic mass is 16.5. The van der Waals surface area contributed by atoms with Gasteiger partial charge in [-0.2, -0.15) is 0 Å². The maximum atomic E-state index is 12.2. The van der Waals surface area contributed by atoms with Crippen molar-refractivity contribution in [1.82, 2.24) is 10.9 Å². The number of amides is 2. The number of methoxy groups -OCH3 is 1. The number of hydrogen-bond donors (Lipinski definition) is 2. The molecule has 0 saturated carbocycles. The van der Waals surface area contributed by atoms with Crippen LogP contribution in [0.3, 0.4) is 0 Å². The van der Waals surface area contributed by atoms with E-state index in [0.717, 1.165) is 23.0 Å². The Hall–Kier alpha value is -3.28. The molecule has 3 rings (SSSR count). The number of rotatable bonds is 5. The van der Waals surface area contributed by atoms with Gasteiger partial charge in [0.2, 0.25) is 5.91 Å². The molecule has 0 saturated heterocycles. The molecular formula is C20H20N2O4. The second kappa shape index (κ2) is 7.74. The van der Waals surface area contributed by atoms with Gasteiger partial charge >= 0.3 is 0 Å². The van der Waals surface area contributed by atoms with Crippen molar-refractivity contribution in [2.75, 3.05) is 7.11 Å². The minimum Gasteiger partial charge on any atom is -0.497 e. The van der Waals surface area contributed by atoms with Crippen molar-refractivity contribution in [1.29, 1.82) is 0 Å². The van der Waals surface area contributed by atoms with Gasteiger partial charge in [0.15, 0.2) is 0 Å². The summed E-state index contributed by atoms with van der Waals surface area (Å²) in [6.45, 7) is 2.07. The molecule has 1 aromatic heterocycles. The first kappa shape index (κ1) is 17.5. The largest absolute Gasteiger partial charge is 0.497 e. The summed E-state index contributed by atoms with van der Waals surface area (Å²) in [5.74, 6) is -0.0633. The molecule has 0 aliphatic heterocycles. The summed E-state index contributed by atoms with van der Waals surface area (Å²) >= 11 is 0. The summed E-state index contributed by atoms with van der Waals surface area (Å²) in [4.78, 5) is 24.2. The number of carbonyl (C=O) groups is 2. The Morgan fingerprint density at radius 2 is 1.85 bits per heavy atom. The van der Waals surface area contributed by atoms with Crippen LogP contribution in [0.2, 0.25) is 0 Å². The monoisotopic (exact) mass is 352 g/mol. The number of furan rings is 1. The zero-order valence-corrected chi connectivity index (χ0v) is 14.7. The predicted octanol–water partition coefficient (Wildman–Crippen LogP) is 3.01. The van der Waals surface area contributed by atoms with Crippen molar-refractivity contribution in [3.8, 4) is 5.75 Å². The van der Waals surface area contributed by atoms with E-state index < -0.39 is 5.91 Å². The quantitative estimate of drug-likeness (QED) is 0.692. The molecule has 2 amide bonds. The molecule has 0 radical (unpaired) electrons. The summed E-state index contributed by atoms with van der Waals surface area (Å²) in [6, 6.07) is 12.5. The first-order valence-corrected chi connectivity index (χ1v) is 8.33. The molecule has 134 valence electrons. The van der Waals surface area contributed by atoms with E-state index in [4.69, 9.17) is 9.15 Å². The highest BCUT2D eigenvalue weighted by Gasteiger charge is 2.12. The van der Waals surface area contributed by atoms with Crippen molar-refractivity contribution < 1.29 is 18.7 Å². The molecule has 0 spiro atoms. The van der Waals surface area contributed by atoms with E-state index >= 15 is 0 Å². The second-order valence-electron chi connectivity index (χ2n) is 5.85. The highest BCUT2D eigenvalue weighted by Crippen LogP contribution is 2.23. The van der Waals surface area contributed by atoms with Gasteiger partial charge in [0.1, 0.15) is 11.3 Å². The second-order valence-corrected chi connectivity index (χ2v) is 5.85. The van der Waals surface area contributed by atoms with E-state index in [1.165, 1.54) is 5.56 Å². The first-order valence-electron chi connectivity index (χ1n) is 8.33. The lowest BCUT2D eigenvalue weighted by Crippen LogP contribution is -2.42. The van der Waals surface area contributed by atoms with Gasteiger partial charge in [0.25, 0.3) is 5.91 Å². The van der Waals surface area contributed by atoms with Crippen molar-refractivity contribution >= 4 is 22.8 Å². The Morgan fingerprint density at radius 3 is 2.54 bits per heavy atom. The van der Waals surface area contributed by atoms with Crippen LogP contribution in [0.15, 0.2) is 53.1 Å². The van der Waals surface area contributed by atoms with E-state index in [1.54, 1.807) is 37.6 Å². The molecule has 2 aromatic carbocycles. The molecule has 0 aliphatic rings. The SMILES string of the molecule is CCc1ccc2occ(CC(=O)NNC(=O)c3ccc(OC)cc3)c2c1. The Balaban J connectivity index is 1.61. The lowest BCUT2D eigenvalue weighted by atomic mass is 10.1. The molecule has 2 N–H and O–H groups in total. The van der Waals surface area contributed by atoms with Gasteiger partial charge in [-0.25, -0.2) is 0 Å². The predicted molar refractivity (Wildman–Crippen MR) is 97.9 cm³/mol. The number of benzene rings is 2. The van der Waals surface area contributed by atoms with E-state index in [2.05, 4.69) is 17.8 Å². The Kier molecular flexibility index (Phi) is 5.22. The van der Waals surface area contributed by atoms with Crippen LogP contribution in [-0.4, -0.2) is 18.9 Å². The Morgan fingerprint density at radius 1 is 1.08 bits per heavy atom. The molecule has 0 aliphatic carbocycles. The smallest absolute Gasteiger partial charge is 0.269 e. The fourth-order valence-corrected chi connectivity index (χ4v) is 2.64. The molecule has 3 aromatic rings. The Labute approximate surface area is 151 Å². The standard InChI is InChI=1S/C20H20N2O4/c1-3-13-4-9-18-17(10-13)15(12-26-18)11-19(23)21-22-20(24)14-5-7-16(25-2)8-6-14/h4-10,12H,3,11H2,1-2H3,(H,21,23)(H,22,24). The van der Waals surface area contributed by atoms with Crippen molar-refractivity contribution in [2.45, 2.75) is 19.8 Å². The maximum Gasteiger partial charge on any atom is 0.269 e. The third-order valence-corrected chi connectivity index (χ3v) is 4.14. The van der Waals surface area contributed by atoms with Crippen LogP contribution in [0, 0.1) is 0 Å². The zero-order chi connectivity index (χ0) is 18.5. The topological polar surface area (TPSA) is 80.6 Å². The number of ether oxygens (including phenoxy) is 1. The Bertz CT molecular complexity index is 929. The molecule has 1 heterocycles. The molecule has 6 heteroatoms. The van der Waals surface area contributed by atoms with Crippen molar-refractivity contribution in [3.63, 3.8) is 0 Å². The number of fused-ring (bicyclic) bond motifs is 1. The first-order chi connectivity index (χ1) is 12.6. The van der Waals surface area contributed by atoms with Gasteiger partial charge in [-0.1, -0.05) is 13.0 Å². The lowest BCUT2D eigenvalue weighted by Gasteiger charge is -2.07. The van der Waals surface area contributed by atoms with Crippen LogP contribution < -0.4 is 15.6 Å². The van der Waals surface area contributed by atoms with Gasteiger partial charge in [-0.3, -0.25) is 20.4 Å². The van der Waals surface area contributed by atoms with E-state index in [-0.39, 0.29) is 12.3 Å². The summed E-state index contributed by atoms with van der Waals surface area (Å²) < 4.78 is 10.5. The van der Waals surface area contributed by atoms with Gasteiger partial charge in [-0.05, 0) is 48.4 Å². The number of aryl methyl sites for hydroxylation is 1. The fraction of sp³-hybridized carbons (Fsp3) is 0.200. The third-order valence-electron chi connectivity index (χ3n) is 4.14. The average Bonchev–Trinajstić information content (AvgIpc) is 3.08. The normalized spacial score (nSPS) is 10.5. The van der Waals surface area contributed by atoms with Gasteiger partial charge in [0.05, 0.1) is 19.8 Å². The van der Waals surface area contributed by atoms with Crippen LogP contribution in [-0.2, 0) is 17.6 Å².